The quantitative estimate of drug-likeness (QED) is 0.692. The summed E-state index contributed by atoms with van der Waals surface area (Å²) in [6.45, 7) is 3.62. The average Bonchev–Trinajstić information content (AvgIpc) is 2.75. The first kappa shape index (κ1) is 21.3. The van der Waals surface area contributed by atoms with E-state index < -0.39 is 10.0 Å². The number of amides is 1. The Morgan fingerprint density at radius 2 is 1.93 bits per heavy atom. The predicted octanol–water partition coefficient (Wildman–Crippen LogP) is 2.54. The van der Waals surface area contributed by atoms with Gasteiger partial charge in [0.2, 0.25) is 15.9 Å². The SMILES string of the molecule is CCOc1ccccc1CN(C)C(=O)C1CCN(S(=O)(=O)c2cccnc2)CC1. The predicted molar refractivity (Wildman–Crippen MR) is 110 cm³/mol. The van der Waals surface area contributed by atoms with Gasteiger partial charge in [-0.05, 0) is 38.0 Å². The van der Waals surface area contributed by atoms with Crippen molar-refractivity contribution < 1.29 is 17.9 Å². The summed E-state index contributed by atoms with van der Waals surface area (Å²) >= 11 is 0. The highest BCUT2D eigenvalue weighted by atomic mass is 32.2. The van der Waals surface area contributed by atoms with Crippen LogP contribution < -0.4 is 4.74 Å². The molecule has 2 heterocycles. The van der Waals surface area contributed by atoms with Crippen molar-refractivity contribution in [2.24, 2.45) is 5.92 Å². The standard InChI is InChI=1S/C21H27N3O4S/c1-3-28-20-9-5-4-7-18(20)16-23(2)21(25)17-10-13-24(14-11-17)29(26,27)19-8-6-12-22-15-19/h4-9,12,15,17H,3,10-11,13-14,16H2,1-2H3. The Hall–Kier alpha value is -2.45. The van der Waals surface area contributed by atoms with Gasteiger partial charge in [0.25, 0.3) is 0 Å². The van der Waals surface area contributed by atoms with Gasteiger partial charge < -0.3 is 9.64 Å². The van der Waals surface area contributed by atoms with Crippen LogP contribution in [0.25, 0.3) is 0 Å². The molecular formula is C21H27N3O4S. The monoisotopic (exact) mass is 417 g/mol. The number of carbonyl (C=O) groups is 1. The first-order valence-electron chi connectivity index (χ1n) is 9.79. The number of piperidine rings is 1. The third-order valence-electron chi connectivity index (χ3n) is 5.13. The third kappa shape index (κ3) is 4.94. The van der Waals surface area contributed by atoms with E-state index in [1.807, 2.05) is 31.2 Å². The number of rotatable bonds is 7. The van der Waals surface area contributed by atoms with Crippen LogP contribution in [-0.4, -0.2) is 55.3 Å². The fourth-order valence-corrected chi connectivity index (χ4v) is 5.00. The summed E-state index contributed by atoms with van der Waals surface area (Å²) in [4.78, 5) is 18.7. The van der Waals surface area contributed by atoms with Crippen LogP contribution in [0.1, 0.15) is 25.3 Å². The van der Waals surface area contributed by atoms with Gasteiger partial charge >= 0.3 is 0 Å². The molecule has 0 saturated carbocycles. The molecule has 0 spiro atoms. The number of hydrogen-bond acceptors (Lipinski definition) is 5. The van der Waals surface area contributed by atoms with Gasteiger partial charge in [-0.25, -0.2) is 8.42 Å². The van der Waals surface area contributed by atoms with Crippen LogP contribution in [0.2, 0.25) is 0 Å². The van der Waals surface area contributed by atoms with Crippen molar-refractivity contribution >= 4 is 15.9 Å². The third-order valence-corrected chi connectivity index (χ3v) is 7.01. The van der Waals surface area contributed by atoms with E-state index in [9.17, 15) is 13.2 Å². The number of ether oxygens (including phenoxy) is 1. The molecule has 0 radical (unpaired) electrons. The van der Waals surface area contributed by atoms with Crippen molar-refractivity contribution in [1.82, 2.24) is 14.2 Å². The number of para-hydroxylation sites is 1. The molecule has 1 saturated heterocycles. The zero-order chi connectivity index (χ0) is 20.9. The van der Waals surface area contributed by atoms with Crippen molar-refractivity contribution in [3.8, 4) is 5.75 Å². The van der Waals surface area contributed by atoms with Crippen molar-refractivity contribution in [1.29, 1.82) is 0 Å². The summed E-state index contributed by atoms with van der Waals surface area (Å²) in [5.74, 6) is 0.640. The normalized spacial score (nSPS) is 15.8. The zero-order valence-electron chi connectivity index (χ0n) is 16.8. The number of pyridine rings is 1. The number of benzene rings is 1. The number of sulfonamides is 1. The van der Waals surface area contributed by atoms with E-state index in [1.165, 1.54) is 10.5 Å². The van der Waals surface area contributed by atoms with Gasteiger partial charge in [-0.2, -0.15) is 4.31 Å². The lowest BCUT2D eigenvalue weighted by atomic mass is 9.96. The molecule has 0 unspecified atom stereocenters. The van der Waals surface area contributed by atoms with Crippen molar-refractivity contribution in [2.45, 2.75) is 31.2 Å². The van der Waals surface area contributed by atoms with Crippen LogP contribution in [0, 0.1) is 5.92 Å². The molecule has 29 heavy (non-hydrogen) atoms. The van der Waals surface area contributed by atoms with E-state index in [1.54, 1.807) is 30.3 Å². The average molecular weight is 418 g/mol. The number of carbonyl (C=O) groups excluding carboxylic acids is 1. The van der Waals surface area contributed by atoms with Crippen LogP contribution in [-0.2, 0) is 21.4 Å². The highest BCUT2D eigenvalue weighted by molar-refractivity contribution is 7.89. The van der Waals surface area contributed by atoms with Crippen LogP contribution >= 0.6 is 0 Å². The molecule has 0 bridgehead atoms. The minimum atomic E-state index is -3.56. The van der Waals surface area contributed by atoms with E-state index in [4.69, 9.17) is 4.74 Å². The van der Waals surface area contributed by atoms with Crippen molar-refractivity contribution in [3.63, 3.8) is 0 Å². The smallest absolute Gasteiger partial charge is 0.244 e. The molecule has 3 rings (SSSR count). The van der Waals surface area contributed by atoms with E-state index in [0.29, 0.717) is 39.1 Å². The Morgan fingerprint density at radius 3 is 2.59 bits per heavy atom. The molecule has 8 heteroatoms. The first-order chi connectivity index (χ1) is 13.9. The van der Waals surface area contributed by atoms with Gasteiger partial charge in [-0.15, -0.1) is 0 Å². The van der Waals surface area contributed by atoms with Crippen LogP contribution in [0.5, 0.6) is 5.75 Å². The van der Waals surface area contributed by atoms with Crippen LogP contribution in [0.15, 0.2) is 53.7 Å². The number of hydrogen-bond donors (Lipinski definition) is 0. The molecule has 1 aliphatic rings. The molecule has 1 aromatic carbocycles. The fourth-order valence-electron chi connectivity index (χ4n) is 3.57. The maximum absolute atomic E-state index is 12.9. The molecule has 7 nitrogen and oxygen atoms in total. The number of nitrogens with zero attached hydrogens (tertiary/aromatic N) is 3. The van der Waals surface area contributed by atoms with Gasteiger partial charge in [0, 0.05) is 50.6 Å². The second-order valence-electron chi connectivity index (χ2n) is 7.10. The first-order valence-corrected chi connectivity index (χ1v) is 11.2. The molecule has 1 fully saturated rings. The second-order valence-corrected chi connectivity index (χ2v) is 9.04. The molecule has 1 aromatic heterocycles. The van der Waals surface area contributed by atoms with Crippen LogP contribution in [0.3, 0.4) is 0 Å². The summed E-state index contributed by atoms with van der Waals surface area (Å²) in [6, 6.07) is 10.9. The van der Waals surface area contributed by atoms with E-state index in [-0.39, 0.29) is 16.7 Å². The Kier molecular flexibility index (Phi) is 6.87. The van der Waals surface area contributed by atoms with E-state index in [2.05, 4.69) is 4.98 Å². The molecule has 0 N–H and O–H groups in total. The molecular weight excluding hydrogens is 390 g/mol. The summed E-state index contributed by atoms with van der Waals surface area (Å²) in [7, 11) is -1.78. The molecule has 0 aliphatic carbocycles. The Bertz CT molecular complexity index is 926. The minimum absolute atomic E-state index is 0.0368. The van der Waals surface area contributed by atoms with Gasteiger partial charge in [0.05, 0.1) is 6.61 Å². The maximum Gasteiger partial charge on any atom is 0.244 e. The summed E-state index contributed by atoms with van der Waals surface area (Å²) in [5.41, 5.74) is 0.960. The maximum atomic E-state index is 12.9. The lowest BCUT2D eigenvalue weighted by Gasteiger charge is -2.32. The lowest BCUT2D eigenvalue weighted by Crippen LogP contribution is -2.43. The van der Waals surface area contributed by atoms with Crippen molar-refractivity contribution in [2.75, 3.05) is 26.7 Å². The topological polar surface area (TPSA) is 79.8 Å². The molecule has 1 amide bonds. The molecule has 0 atom stereocenters. The van der Waals surface area contributed by atoms with Gasteiger partial charge in [-0.3, -0.25) is 9.78 Å². The van der Waals surface area contributed by atoms with Gasteiger partial charge in [0.1, 0.15) is 10.6 Å². The summed E-state index contributed by atoms with van der Waals surface area (Å²) < 4.78 is 32.5. The Morgan fingerprint density at radius 1 is 1.21 bits per heavy atom. The second kappa shape index (κ2) is 9.37. The summed E-state index contributed by atoms with van der Waals surface area (Å²) in [5, 5.41) is 0. The van der Waals surface area contributed by atoms with Crippen molar-refractivity contribution in [3.05, 3.63) is 54.4 Å². The number of aromatic nitrogens is 1. The summed E-state index contributed by atoms with van der Waals surface area (Å²) in [6.07, 6.45) is 3.92. The lowest BCUT2D eigenvalue weighted by molar-refractivity contribution is -0.135. The highest BCUT2D eigenvalue weighted by Gasteiger charge is 2.33. The fraction of sp³-hybridized carbons (Fsp3) is 0.429. The van der Waals surface area contributed by atoms with E-state index in [0.717, 1.165) is 11.3 Å². The zero-order valence-corrected chi connectivity index (χ0v) is 17.6. The minimum Gasteiger partial charge on any atom is -0.494 e. The Labute approximate surface area is 172 Å². The Balaban J connectivity index is 1.60. The molecule has 2 aromatic rings. The molecule has 156 valence electrons. The van der Waals surface area contributed by atoms with Gasteiger partial charge in [0.15, 0.2) is 0 Å². The highest BCUT2D eigenvalue weighted by Crippen LogP contribution is 2.26. The largest absolute Gasteiger partial charge is 0.494 e. The van der Waals surface area contributed by atoms with Gasteiger partial charge in [-0.1, -0.05) is 18.2 Å². The molecule has 1 aliphatic heterocycles. The van der Waals surface area contributed by atoms with E-state index >= 15 is 0 Å². The van der Waals surface area contributed by atoms with Crippen LogP contribution in [0.4, 0.5) is 0 Å².